The van der Waals surface area contributed by atoms with Gasteiger partial charge in [-0.3, -0.25) is 0 Å². The molecule has 3 heteroatoms. The Morgan fingerprint density at radius 1 is 1.47 bits per heavy atom. The standard InChI is InChI=1S/C14H22N2O/c1-10(2)9-16-12-7-8-15-11-5-4-6-13(17-3)14(11)12/h4-6,10,12,15-16H,7-9H2,1-3H3. The number of ether oxygens (including phenoxy) is 1. The zero-order chi connectivity index (χ0) is 12.3. The average molecular weight is 234 g/mol. The molecule has 1 aromatic carbocycles. The van der Waals surface area contributed by atoms with Gasteiger partial charge >= 0.3 is 0 Å². The van der Waals surface area contributed by atoms with E-state index in [1.54, 1.807) is 7.11 Å². The van der Waals surface area contributed by atoms with Gasteiger partial charge in [0.15, 0.2) is 0 Å². The van der Waals surface area contributed by atoms with Crippen molar-refractivity contribution in [2.24, 2.45) is 5.92 Å². The molecule has 0 amide bonds. The normalized spacial score (nSPS) is 18.7. The summed E-state index contributed by atoms with van der Waals surface area (Å²) in [6.07, 6.45) is 1.11. The van der Waals surface area contributed by atoms with Gasteiger partial charge in [-0.1, -0.05) is 19.9 Å². The molecular weight excluding hydrogens is 212 g/mol. The van der Waals surface area contributed by atoms with Crippen LogP contribution in [0.4, 0.5) is 5.69 Å². The molecule has 2 N–H and O–H groups in total. The van der Waals surface area contributed by atoms with Crippen molar-refractivity contribution in [1.29, 1.82) is 0 Å². The number of hydrogen-bond acceptors (Lipinski definition) is 3. The monoisotopic (exact) mass is 234 g/mol. The van der Waals surface area contributed by atoms with E-state index in [9.17, 15) is 0 Å². The lowest BCUT2D eigenvalue weighted by molar-refractivity contribution is 0.388. The van der Waals surface area contributed by atoms with E-state index in [1.807, 2.05) is 12.1 Å². The van der Waals surface area contributed by atoms with Crippen molar-refractivity contribution in [2.75, 3.05) is 25.5 Å². The van der Waals surface area contributed by atoms with Gasteiger partial charge < -0.3 is 15.4 Å². The van der Waals surface area contributed by atoms with Crippen molar-refractivity contribution in [3.05, 3.63) is 23.8 Å². The van der Waals surface area contributed by atoms with Crippen molar-refractivity contribution >= 4 is 5.69 Å². The van der Waals surface area contributed by atoms with Crippen LogP contribution in [0.5, 0.6) is 5.75 Å². The van der Waals surface area contributed by atoms with Crippen LogP contribution in [0.3, 0.4) is 0 Å². The number of benzene rings is 1. The molecule has 0 spiro atoms. The third-order valence-electron chi connectivity index (χ3n) is 3.16. The van der Waals surface area contributed by atoms with Gasteiger partial charge in [0.25, 0.3) is 0 Å². The Bertz CT molecular complexity index is 362. The van der Waals surface area contributed by atoms with Gasteiger partial charge in [-0.05, 0) is 31.0 Å². The first-order valence-electron chi connectivity index (χ1n) is 6.36. The minimum absolute atomic E-state index is 0.407. The van der Waals surface area contributed by atoms with Crippen molar-refractivity contribution < 1.29 is 4.74 Å². The van der Waals surface area contributed by atoms with Crippen LogP contribution in [0.2, 0.25) is 0 Å². The fourth-order valence-electron chi connectivity index (χ4n) is 2.31. The average Bonchev–Trinajstić information content (AvgIpc) is 2.35. The van der Waals surface area contributed by atoms with E-state index in [0.29, 0.717) is 12.0 Å². The summed E-state index contributed by atoms with van der Waals surface area (Å²) in [6.45, 7) is 6.53. The molecule has 0 saturated heterocycles. The fourth-order valence-corrected chi connectivity index (χ4v) is 2.31. The van der Waals surface area contributed by atoms with Gasteiger partial charge in [-0.25, -0.2) is 0 Å². The highest BCUT2D eigenvalue weighted by atomic mass is 16.5. The molecule has 2 rings (SSSR count). The van der Waals surface area contributed by atoms with Crippen LogP contribution in [0.15, 0.2) is 18.2 Å². The van der Waals surface area contributed by atoms with Crippen LogP contribution in [0.1, 0.15) is 31.9 Å². The van der Waals surface area contributed by atoms with Gasteiger partial charge in [-0.15, -0.1) is 0 Å². The number of methoxy groups -OCH3 is 1. The Labute approximate surface area is 104 Å². The van der Waals surface area contributed by atoms with Crippen LogP contribution in [-0.4, -0.2) is 20.2 Å². The molecule has 1 aromatic rings. The highest BCUT2D eigenvalue weighted by molar-refractivity contribution is 5.60. The molecular formula is C14H22N2O. The van der Waals surface area contributed by atoms with E-state index in [4.69, 9.17) is 4.74 Å². The summed E-state index contributed by atoms with van der Waals surface area (Å²) in [4.78, 5) is 0. The van der Waals surface area contributed by atoms with Crippen LogP contribution in [0.25, 0.3) is 0 Å². The predicted octanol–water partition coefficient (Wildman–Crippen LogP) is 2.80. The molecule has 0 fully saturated rings. The molecule has 1 aliphatic rings. The lowest BCUT2D eigenvalue weighted by atomic mass is 9.96. The van der Waals surface area contributed by atoms with Crippen LogP contribution in [-0.2, 0) is 0 Å². The van der Waals surface area contributed by atoms with Gasteiger partial charge in [0, 0.05) is 23.8 Å². The first-order chi connectivity index (χ1) is 8.22. The predicted molar refractivity (Wildman–Crippen MR) is 71.7 cm³/mol. The summed E-state index contributed by atoms with van der Waals surface area (Å²) in [5.41, 5.74) is 2.48. The maximum atomic E-state index is 5.47. The van der Waals surface area contributed by atoms with Gasteiger partial charge in [-0.2, -0.15) is 0 Å². The minimum atomic E-state index is 0.407. The molecule has 1 atom stereocenters. The molecule has 0 radical (unpaired) electrons. The Kier molecular flexibility index (Phi) is 3.89. The van der Waals surface area contributed by atoms with Crippen molar-refractivity contribution in [2.45, 2.75) is 26.3 Å². The number of fused-ring (bicyclic) bond motifs is 1. The van der Waals surface area contributed by atoms with Crippen molar-refractivity contribution in [1.82, 2.24) is 5.32 Å². The largest absolute Gasteiger partial charge is 0.496 e. The Morgan fingerprint density at radius 2 is 2.29 bits per heavy atom. The maximum absolute atomic E-state index is 5.47. The summed E-state index contributed by atoms with van der Waals surface area (Å²) < 4.78 is 5.47. The Hall–Kier alpha value is -1.22. The number of anilines is 1. The maximum Gasteiger partial charge on any atom is 0.125 e. The van der Waals surface area contributed by atoms with Gasteiger partial charge in [0.2, 0.25) is 0 Å². The molecule has 1 aliphatic heterocycles. The summed E-state index contributed by atoms with van der Waals surface area (Å²) in [5, 5.41) is 7.07. The molecule has 0 aliphatic carbocycles. The van der Waals surface area contributed by atoms with E-state index in [-0.39, 0.29) is 0 Å². The molecule has 0 aromatic heterocycles. The number of nitrogens with one attached hydrogen (secondary N) is 2. The second-order valence-corrected chi connectivity index (χ2v) is 4.99. The second kappa shape index (κ2) is 5.41. The molecule has 1 unspecified atom stereocenters. The van der Waals surface area contributed by atoms with Crippen molar-refractivity contribution in [3.63, 3.8) is 0 Å². The van der Waals surface area contributed by atoms with Crippen LogP contribution in [0, 0.1) is 5.92 Å². The first kappa shape index (κ1) is 12.2. The molecule has 1 heterocycles. The van der Waals surface area contributed by atoms with E-state index < -0.39 is 0 Å². The zero-order valence-electron chi connectivity index (χ0n) is 10.9. The van der Waals surface area contributed by atoms with Crippen LogP contribution < -0.4 is 15.4 Å². The van der Waals surface area contributed by atoms with Gasteiger partial charge in [0.05, 0.1) is 7.11 Å². The third kappa shape index (κ3) is 2.72. The lowest BCUT2D eigenvalue weighted by Crippen LogP contribution is -2.31. The highest BCUT2D eigenvalue weighted by Crippen LogP contribution is 2.36. The summed E-state index contributed by atoms with van der Waals surface area (Å²) in [5.74, 6) is 1.65. The molecule has 0 bridgehead atoms. The van der Waals surface area contributed by atoms with E-state index in [0.717, 1.165) is 25.3 Å². The highest BCUT2D eigenvalue weighted by Gasteiger charge is 2.23. The minimum Gasteiger partial charge on any atom is -0.496 e. The zero-order valence-corrected chi connectivity index (χ0v) is 10.9. The smallest absolute Gasteiger partial charge is 0.125 e. The van der Waals surface area contributed by atoms with E-state index in [1.165, 1.54) is 11.3 Å². The second-order valence-electron chi connectivity index (χ2n) is 4.99. The summed E-state index contributed by atoms with van der Waals surface area (Å²) in [7, 11) is 1.74. The SMILES string of the molecule is COc1cccc2c1C(NCC(C)C)CCN2. The summed E-state index contributed by atoms with van der Waals surface area (Å²) in [6, 6.07) is 6.61. The molecule has 94 valence electrons. The van der Waals surface area contributed by atoms with Crippen molar-refractivity contribution in [3.8, 4) is 5.75 Å². The lowest BCUT2D eigenvalue weighted by Gasteiger charge is -2.29. The number of hydrogen-bond donors (Lipinski definition) is 2. The first-order valence-corrected chi connectivity index (χ1v) is 6.36. The fraction of sp³-hybridized carbons (Fsp3) is 0.571. The summed E-state index contributed by atoms with van der Waals surface area (Å²) >= 11 is 0. The third-order valence-corrected chi connectivity index (χ3v) is 3.16. The Balaban J connectivity index is 2.22. The molecule has 0 saturated carbocycles. The van der Waals surface area contributed by atoms with Gasteiger partial charge in [0.1, 0.15) is 5.75 Å². The number of rotatable bonds is 4. The molecule has 3 nitrogen and oxygen atoms in total. The molecule has 17 heavy (non-hydrogen) atoms. The quantitative estimate of drug-likeness (QED) is 0.840. The topological polar surface area (TPSA) is 33.3 Å². The Morgan fingerprint density at radius 3 is 3.00 bits per heavy atom. The van der Waals surface area contributed by atoms with E-state index in [2.05, 4.69) is 30.5 Å². The van der Waals surface area contributed by atoms with E-state index >= 15 is 0 Å². The van der Waals surface area contributed by atoms with Crippen LogP contribution >= 0.6 is 0 Å².